The molecule has 0 aliphatic carbocycles. The Balaban J connectivity index is 1.82. The van der Waals surface area contributed by atoms with Gasteiger partial charge in [-0.3, -0.25) is 0 Å². The number of nitrogens with one attached hydrogen (secondary N) is 2. The van der Waals surface area contributed by atoms with E-state index in [1.165, 1.54) is 0 Å². The third-order valence-electron chi connectivity index (χ3n) is 4.53. The molecule has 0 fully saturated rings. The van der Waals surface area contributed by atoms with Crippen molar-refractivity contribution in [1.82, 2.24) is 10.9 Å². The molecule has 0 aromatic heterocycles. The summed E-state index contributed by atoms with van der Waals surface area (Å²) in [5.41, 5.74) is 11.3. The van der Waals surface area contributed by atoms with Crippen molar-refractivity contribution in [3.05, 3.63) is 108 Å². The van der Waals surface area contributed by atoms with Gasteiger partial charge in [-0.2, -0.15) is 15.3 Å². The van der Waals surface area contributed by atoms with Gasteiger partial charge in [0.1, 0.15) is 0 Å². The summed E-state index contributed by atoms with van der Waals surface area (Å²) in [5, 5.41) is 17.5. The van der Waals surface area contributed by atoms with E-state index in [1.807, 2.05) is 112 Å². The van der Waals surface area contributed by atoms with Gasteiger partial charge in [0, 0.05) is 0 Å². The number of nitrogens with zero attached hydrogens (tertiary/aromatic N) is 4. The normalized spacial score (nSPS) is 12.3. The fourth-order valence-corrected chi connectivity index (χ4v) is 2.69. The van der Waals surface area contributed by atoms with Gasteiger partial charge in [0.15, 0.2) is 0 Å². The highest BCUT2D eigenvalue weighted by atomic mass is 15.5. The molecule has 0 saturated carbocycles. The van der Waals surface area contributed by atoms with Crippen molar-refractivity contribution in [3.63, 3.8) is 0 Å². The van der Waals surface area contributed by atoms with E-state index in [0.717, 1.165) is 33.8 Å². The van der Waals surface area contributed by atoms with Crippen molar-refractivity contribution in [1.29, 1.82) is 0 Å². The Morgan fingerprint density at radius 3 is 1.23 bits per heavy atom. The topological polar surface area (TPSA) is 73.5 Å². The van der Waals surface area contributed by atoms with Gasteiger partial charge in [-0.05, 0) is 37.5 Å². The Kier molecular flexibility index (Phi) is 7.83. The van der Waals surface area contributed by atoms with E-state index in [-0.39, 0.29) is 0 Å². The molecule has 0 spiro atoms. The monoisotopic (exact) mass is 410 g/mol. The van der Waals surface area contributed by atoms with Crippen LogP contribution in [0, 0.1) is 0 Å². The molecule has 156 valence electrons. The van der Waals surface area contributed by atoms with Gasteiger partial charge in [-0.1, -0.05) is 91.0 Å². The van der Waals surface area contributed by atoms with Crippen LogP contribution in [0.15, 0.2) is 111 Å². The van der Waals surface area contributed by atoms with Crippen LogP contribution in [0.1, 0.15) is 37.5 Å². The molecule has 0 bridgehead atoms. The van der Waals surface area contributed by atoms with Crippen LogP contribution in [0.25, 0.3) is 0 Å². The van der Waals surface area contributed by atoms with E-state index in [2.05, 4.69) is 31.3 Å². The SMILES string of the molecule is C/C(=N/N=C(N/N=C(/C)c1ccccc1)N/N=C(/C)c1ccccc1)c1ccccc1. The van der Waals surface area contributed by atoms with Gasteiger partial charge in [-0.25, -0.2) is 10.9 Å². The average Bonchev–Trinajstić information content (AvgIpc) is 2.84. The average molecular weight is 411 g/mol. The summed E-state index contributed by atoms with van der Waals surface area (Å²) in [6, 6.07) is 29.7. The highest BCUT2D eigenvalue weighted by Gasteiger charge is 2.02. The summed E-state index contributed by atoms with van der Waals surface area (Å²) in [4.78, 5) is 0. The summed E-state index contributed by atoms with van der Waals surface area (Å²) in [7, 11) is 0. The third-order valence-corrected chi connectivity index (χ3v) is 4.53. The molecule has 2 N–H and O–H groups in total. The highest BCUT2D eigenvalue weighted by Crippen LogP contribution is 2.03. The summed E-state index contributed by atoms with van der Waals surface area (Å²) in [5.74, 6) is 0.320. The molecular formula is C25H26N6. The van der Waals surface area contributed by atoms with E-state index in [4.69, 9.17) is 0 Å². The maximum atomic E-state index is 4.43. The van der Waals surface area contributed by atoms with Crippen LogP contribution < -0.4 is 10.9 Å². The standard InChI is InChI=1S/C25H26N6/c1-19(22-13-7-4-8-14-22)26-29-25(30-27-20(2)23-15-9-5-10-16-23)31-28-21(3)24-17-11-6-12-18-24/h4-18H,1-3H3,(H2,29,30,31)/b26-19-,27-20-,28-21-. The molecule has 0 saturated heterocycles. The van der Waals surface area contributed by atoms with Crippen LogP contribution in [0.2, 0.25) is 0 Å². The van der Waals surface area contributed by atoms with Crippen molar-refractivity contribution < 1.29 is 0 Å². The second kappa shape index (κ2) is 11.2. The van der Waals surface area contributed by atoms with E-state index >= 15 is 0 Å². The zero-order valence-corrected chi connectivity index (χ0v) is 17.9. The van der Waals surface area contributed by atoms with Crippen LogP contribution in [0.3, 0.4) is 0 Å². The number of hydrogen-bond acceptors (Lipinski definition) is 4. The van der Waals surface area contributed by atoms with E-state index in [9.17, 15) is 0 Å². The van der Waals surface area contributed by atoms with Crippen LogP contribution in [-0.4, -0.2) is 23.1 Å². The fraction of sp³-hybridized carbons (Fsp3) is 0.120. The number of hydrogen-bond donors (Lipinski definition) is 2. The molecular weight excluding hydrogens is 384 g/mol. The van der Waals surface area contributed by atoms with Gasteiger partial charge < -0.3 is 0 Å². The van der Waals surface area contributed by atoms with Crippen LogP contribution in [0.4, 0.5) is 0 Å². The smallest absolute Gasteiger partial charge is 0.244 e. The van der Waals surface area contributed by atoms with Crippen LogP contribution in [0.5, 0.6) is 0 Å². The molecule has 31 heavy (non-hydrogen) atoms. The zero-order valence-electron chi connectivity index (χ0n) is 17.9. The lowest BCUT2D eigenvalue weighted by atomic mass is 10.1. The Morgan fingerprint density at radius 2 is 0.839 bits per heavy atom. The molecule has 0 atom stereocenters. The second-order valence-corrected chi connectivity index (χ2v) is 6.85. The Labute approximate surface area is 183 Å². The lowest BCUT2D eigenvalue weighted by Gasteiger charge is -2.07. The summed E-state index contributed by atoms with van der Waals surface area (Å²) >= 11 is 0. The minimum absolute atomic E-state index is 0.320. The quantitative estimate of drug-likeness (QED) is 0.348. The maximum absolute atomic E-state index is 4.43. The zero-order chi connectivity index (χ0) is 21.9. The van der Waals surface area contributed by atoms with Gasteiger partial charge in [0.05, 0.1) is 17.1 Å². The molecule has 6 heteroatoms. The van der Waals surface area contributed by atoms with Gasteiger partial charge in [0.25, 0.3) is 5.96 Å². The number of benzene rings is 3. The number of rotatable bonds is 6. The summed E-state index contributed by atoms with van der Waals surface area (Å²) in [6.45, 7) is 5.77. The molecule has 0 heterocycles. The van der Waals surface area contributed by atoms with Crippen molar-refractivity contribution in [2.45, 2.75) is 20.8 Å². The molecule has 6 nitrogen and oxygen atoms in total. The Bertz CT molecular complexity index is 1030. The van der Waals surface area contributed by atoms with Gasteiger partial charge in [-0.15, -0.1) is 5.10 Å². The molecule has 3 rings (SSSR count). The van der Waals surface area contributed by atoms with Gasteiger partial charge in [0.2, 0.25) is 0 Å². The lowest BCUT2D eigenvalue weighted by molar-refractivity contribution is 0.881. The van der Waals surface area contributed by atoms with Crippen molar-refractivity contribution >= 4 is 23.1 Å². The Hall–Kier alpha value is -4.06. The minimum atomic E-state index is 0.320. The molecule has 0 radical (unpaired) electrons. The van der Waals surface area contributed by atoms with E-state index in [0.29, 0.717) is 5.96 Å². The summed E-state index contributed by atoms with van der Waals surface area (Å²) < 4.78 is 0. The fourth-order valence-electron chi connectivity index (χ4n) is 2.69. The van der Waals surface area contributed by atoms with Crippen LogP contribution >= 0.6 is 0 Å². The minimum Gasteiger partial charge on any atom is -0.244 e. The first-order valence-corrected chi connectivity index (χ1v) is 10.0. The predicted molar refractivity (Wildman–Crippen MR) is 130 cm³/mol. The Morgan fingerprint density at radius 1 is 0.484 bits per heavy atom. The third kappa shape index (κ3) is 6.75. The maximum Gasteiger partial charge on any atom is 0.257 e. The molecule has 3 aromatic rings. The van der Waals surface area contributed by atoms with Crippen LogP contribution in [-0.2, 0) is 0 Å². The molecule has 0 aliphatic heterocycles. The largest absolute Gasteiger partial charge is 0.257 e. The molecule has 3 aromatic carbocycles. The van der Waals surface area contributed by atoms with E-state index < -0.39 is 0 Å². The highest BCUT2D eigenvalue weighted by molar-refractivity contribution is 6.01. The second-order valence-electron chi connectivity index (χ2n) is 6.85. The van der Waals surface area contributed by atoms with Gasteiger partial charge >= 0.3 is 0 Å². The van der Waals surface area contributed by atoms with Crippen molar-refractivity contribution in [2.24, 2.45) is 20.4 Å². The van der Waals surface area contributed by atoms with Crippen molar-refractivity contribution in [3.8, 4) is 0 Å². The molecule has 0 unspecified atom stereocenters. The number of hydrazone groups is 2. The van der Waals surface area contributed by atoms with Crippen molar-refractivity contribution in [2.75, 3.05) is 0 Å². The predicted octanol–water partition coefficient (Wildman–Crippen LogP) is 4.79. The molecule has 0 aliphatic rings. The van der Waals surface area contributed by atoms with E-state index in [1.54, 1.807) is 0 Å². The molecule has 0 amide bonds. The first-order chi connectivity index (χ1) is 15.1. The lowest BCUT2D eigenvalue weighted by Crippen LogP contribution is -2.32. The first-order valence-electron chi connectivity index (χ1n) is 10.0. The number of guanidine groups is 1. The first kappa shape index (κ1) is 21.6. The summed E-state index contributed by atoms with van der Waals surface area (Å²) in [6.07, 6.45) is 0.